The molecule has 1 fully saturated rings. The summed E-state index contributed by atoms with van der Waals surface area (Å²) in [7, 11) is 3.70. The number of hydrogen-bond donors (Lipinski definition) is 1. The number of rotatable bonds is 7. The second-order valence-electron chi connectivity index (χ2n) is 7.00. The molecule has 1 N–H and O–H groups in total. The topological polar surface area (TPSA) is 41.6 Å². The normalized spacial score (nSPS) is 27.9. The van der Waals surface area contributed by atoms with Crippen molar-refractivity contribution >= 4 is 5.97 Å². The van der Waals surface area contributed by atoms with Gasteiger partial charge in [0, 0.05) is 12.1 Å². The first-order chi connectivity index (χ1) is 9.86. The Morgan fingerprint density at radius 2 is 2.10 bits per heavy atom. The van der Waals surface area contributed by atoms with E-state index in [-0.39, 0.29) is 5.97 Å². The lowest BCUT2D eigenvalue weighted by Gasteiger charge is -2.44. The average Bonchev–Trinajstić information content (AvgIpc) is 2.45. The highest BCUT2D eigenvalue weighted by atomic mass is 16.5. The predicted molar refractivity (Wildman–Crippen MR) is 87.4 cm³/mol. The molecule has 0 aliphatic heterocycles. The zero-order valence-electron chi connectivity index (χ0n) is 14.7. The van der Waals surface area contributed by atoms with Crippen molar-refractivity contribution in [2.45, 2.75) is 77.4 Å². The summed E-state index contributed by atoms with van der Waals surface area (Å²) in [5.74, 6) is 0.601. The largest absolute Gasteiger partial charge is 0.468 e. The van der Waals surface area contributed by atoms with Crippen LogP contribution in [0.2, 0.25) is 0 Å². The summed E-state index contributed by atoms with van der Waals surface area (Å²) in [6.07, 6.45) is 5.18. The average molecular weight is 298 g/mol. The van der Waals surface area contributed by atoms with Crippen LogP contribution in [0.4, 0.5) is 0 Å². The summed E-state index contributed by atoms with van der Waals surface area (Å²) in [5.41, 5.74) is -0.488. The van der Waals surface area contributed by atoms with Gasteiger partial charge in [0.15, 0.2) is 0 Å². The van der Waals surface area contributed by atoms with Crippen molar-refractivity contribution in [3.8, 4) is 0 Å². The summed E-state index contributed by atoms with van der Waals surface area (Å²) >= 11 is 0. The first-order valence-corrected chi connectivity index (χ1v) is 8.41. The number of carbonyl (C=O) groups excluding carboxylic acids is 1. The zero-order valence-corrected chi connectivity index (χ0v) is 14.7. The van der Waals surface area contributed by atoms with Gasteiger partial charge in [0.2, 0.25) is 0 Å². The van der Waals surface area contributed by atoms with E-state index in [1.165, 1.54) is 20.0 Å². The van der Waals surface area contributed by atoms with E-state index in [9.17, 15) is 4.79 Å². The summed E-state index contributed by atoms with van der Waals surface area (Å²) in [6.45, 7) is 9.68. The predicted octanol–water partition coefficient (Wildman–Crippen LogP) is 2.82. The second kappa shape index (κ2) is 8.14. The van der Waals surface area contributed by atoms with Crippen molar-refractivity contribution in [3.05, 3.63) is 0 Å². The van der Waals surface area contributed by atoms with Gasteiger partial charge in [-0.25, -0.2) is 0 Å². The molecule has 0 spiro atoms. The van der Waals surface area contributed by atoms with Gasteiger partial charge in [0.1, 0.15) is 5.54 Å². The van der Waals surface area contributed by atoms with Gasteiger partial charge >= 0.3 is 5.97 Å². The third-order valence-electron chi connectivity index (χ3n) is 4.90. The van der Waals surface area contributed by atoms with Crippen LogP contribution in [0.5, 0.6) is 0 Å². The number of carbonyl (C=O) groups is 1. The maximum Gasteiger partial charge on any atom is 0.326 e. The van der Waals surface area contributed by atoms with Crippen LogP contribution in [0.15, 0.2) is 0 Å². The molecule has 1 saturated carbocycles. The first-order valence-electron chi connectivity index (χ1n) is 8.41. The van der Waals surface area contributed by atoms with Gasteiger partial charge in [-0.3, -0.25) is 4.79 Å². The molecule has 0 saturated heterocycles. The van der Waals surface area contributed by atoms with Crippen LogP contribution in [0.25, 0.3) is 0 Å². The molecule has 0 aromatic heterocycles. The molecule has 4 nitrogen and oxygen atoms in total. The molecule has 21 heavy (non-hydrogen) atoms. The number of methoxy groups -OCH3 is 1. The fourth-order valence-electron chi connectivity index (χ4n) is 3.75. The molecule has 0 aromatic carbocycles. The maximum absolute atomic E-state index is 12.3. The third kappa shape index (κ3) is 4.68. The first kappa shape index (κ1) is 18.4. The number of nitrogens with zero attached hydrogens (tertiary/aromatic N) is 1. The zero-order chi connectivity index (χ0) is 16.0. The van der Waals surface area contributed by atoms with Gasteiger partial charge < -0.3 is 15.0 Å². The Morgan fingerprint density at radius 3 is 2.62 bits per heavy atom. The van der Waals surface area contributed by atoms with E-state index in [2.05, 4.69) is 45.0 Å². The Bertz CT molecular complexity index is 329. The summed E-state index contributed by atoms with van der Waals surface area (Å²) in [5, 5.41) is 3.41. The molecule has 4 heteroatoms. The monoisotopic (exact) mass is 298 g/mol. The van der Waals surface area contributed by atoms with Gasteiger partial charge in [-0.15, -0.1) is 0 Å². The van der Waals surface area contributed by atoms with Gasteiger partial charge in [-0.2, -0.15) is 0 Å². The number of likely N-dealkylation sites (N-methyl/N-ethyl adjacent to an activating group) is 1. The molecule has 0 aromatic rings. The molecule has 1 rings (SSSR count). The van der Waals surface area contributed by atoms with E-state index in [1.807, 2.05) is 0 Å². The lowest BCUT2D eigenvalue weighted by Crippen LogP contribution is -2.59. The van der Waals surface area contributed by atoms with Crippen molar-refractivity contribution in [2.75, 3.05) is 20.7 Å². The molecular formula is C17H34N2O2. The van der Waals surface area contributed by atoms with E-state index in [0.717, 1.165) is 25.8 Å². The number of hydrogen-bond acceptors (Lipinski definition) is 4. The molecule has 3 unspecified atom stereocenters. The van der Waals surface area contributed by atoms with E-state index in [1.54, 1.807) is 0 Å². The van der Waals surface area contributed by atoms with Crippen LogP contribution in [-0.4, -0.2) is 49.2 Å². The molecule has 3 atom stereocenters. The fraction of sp³-hybridized carbons (Fsp3) is 0.941. The molecule has 0 bridgehead atoms. The van der Waals surface area contributed by atoms with Gasteiger partial charge in [0.05, 0.1) is 7.11 Å². The minimum absolute atomic E-state index is 0.0982. The molecule has 0 amide bonds. The highest BCUT2D eigenvalue weighted by Crippen LogP contribution is 2.33. The van der Waals surface area contributed by atoms with Crippen molar-refractivity contribution in [1.29, 1.82) is 0 Å². The van der Waals surface area contributed by atoms with Crippen molar-refractivity contribution in [2.24, 2.45) is 5.92 Å². The Hall–Kier alpha value is -0.610. The SMILES string of the molecule is CCNC1(C(=O)OC)CCCC(N(C)C(C)CC(C)C)C1. The van der Waals surface area contributed by atoms with Gasteiger partial charge in [-0.05, 0) is 58.5 Å². The van der Waals surface area contributed by atoms with Crippen LogP contribution in [0.1, 0.15) is 59.8 Å². The Labute approximate surface area is 130 Å². The summed E-state index contributed by atoms with van der Waals surface area (Å²) < 4.78 is 5.08. The lowest BCUT2D eigenvalue weighted by molar-refractivity contribution is -0.151. The van der Waals surface area contributed by atoms with Crippen LogP contribution in [0, 0.1) is 5.92 Å². The van der Waals surface area contributed by atoms with Crippen LogP contribution in [0.3, 0.4) is 0 Å². The number of nitrogens with one attached hydrogen (secondary N) is 1. The highest BCUT2D eigenvalue weighted by molar-refractivity contribution is 5.81. The Kier molecular flexibility index (Phi) is 7.14. The van der Waals surface area contributed by atoms with Crippen LogP contribution in [-0.2, 0) is 9.53 Å². The molecule has 1 aliphatic rings. The summed E-state index contributed by atoms with van der Waals surface area (Å²) in [6, 6.07) is 0.996. The number of esters is 1. The minimum Gasteiger partial charge on any atom is -0.468 e. The van der Waals surface area contributed by atoms with Crippen molar-refractivity contribution in [1.82, 2.24) is 10.2 Å². The lowest BCUT2D eigenvalue weighted by atomic mass is 9.78. The van der Waals surface area contributed by atoms with Gasteiger partial charge in [-0.1, -0.05) is 20.8 Å². The highest BCUT2D eigenvalue weighted by Gasteiger charge is 2.44. The van der Waals surface area contributed by atoms with E-state index >= 15 is 0 Å². The third-order valence-corrected chi connectivity index (χ3v) is 4.90. The molecule has 0 radical (unpaired) electrons. The van der Waals surface area contributed by atoms with Crippen molar-refractivity contribution < 1.29 is 9.53 Å². The van der Waals surface area contributed by atoms with Crippen molar-refractivity contribution in [3.63, 3.8) is 0 Å². The molecular weight excluding hydrogens is 264 g/mol. The van der Waals surface area contributed by atoms with Crippen LogP contribution < -0.4 is 5.32 Å². The number of ether oxygens (including phenoxy) is 1. The minimum atomic E-state index is -0.488. The second-order valence-corrected chi connectivity index (χ2v) is 7.00. The Morgan fingerprint density at radius 1 is 1.43 bits per heavy atom. The van der Waals surface area contributed by atoms with E-state index in [0.29, 0.717) is 18.0 Å². The molecule has 1 aliphatic carbocycles. The van der Waals surface area contributed by atoms with E-state index in [4.69, 9.17) is 4.74 Å². The maximum atomic E-state index is 12.3. The quantitative estimate of drug-likeness (QED) is 0.734. The molecule has 124 valence electrons. The molecule has 0 heterocycles. The summed E-state index contributed by atoms with van der Waals surface area (Å²) in [4.78, 5) is 14.8. The van der Waals surface area contributed by atoms with E-state index < -0.39 is 5.54 Å². The Balaban J connectivity index is 2.79. The standard InChI is InChI=1S/C17H34N2O2/c1-7-18-17(16(20)21-6)10-8-9-15(12-17)19(5)14(4)11-13(2)3/h13-15,18H,7-12H2,1-6H3. The fourth-order valence-corrected chi connectivity index (χ4v) is 3.75. The smallest absolute Gasteiger partial charge is 0.326 e. The van der Waals surface area contributed by atoms with Crippen LogP contribution >= 0.6 is 0 Å². The van der Waals surface area contributed by atoms with Gasteiger partial charge in [0.25, 0.3) is 0 Å².